The lowest BCUT2D eigenvalue weighted by Gasteiger charge is -2.15. The normalized spacial score (nSPS) is 11.9. The van der Waals surface area contributed by atoms with Gasteiger partial charge in [0.2, 0.25) is 0 Å². The predicted octanol–water partition coefficient (Wildman–Crippen LogP) is 3.51. The lowest BCUT2D eigenvalue weighted by Crippen LogP contribution is -2.33. The van der Waals surface area contributed by atoms with E-state index in [4.69, 9.17) is 32.7 Å². The average Bonchev–Trinajstić information content (AvgIpc) is 2.90. The van der Waals surface area contributed by atoms with Crippen molar-refractivity contribution in [1.29, 1.82) is 0 Å². The summed E-state index contributed by atoms with van der Waals surface area (Å²) in [6.07, 6.45) is 1.66. The van der Waals surface area contributed by atoms with E-state index in [0.29, 0.717) is 43.4 Å². The number of hydrogen-bond donors (Lipinski definition) is 1. The molecular weight excluding hydrogens is 399 g/mol. The number of halogens is 2. The number of rotatable bonds is 5. The number of hydrogen-bond acceptors (Lipinski definition) is 3. The Bertz CT molecular complexity index is 1160. The third-order valence-corrected chi connectivity index (χ3v) is 4.53. The monoisotopic (exact) mass is 418 g/mol. The lowest BCUT2D eigenvalue weighted by atomic mass is 10.1. The summed E-state index contributed by atoms with van der Waals surface area (Å²) >= 11 is 12.3. The van der Waals surface area contributed by atoms with Crippen LogP contribution >= 0.6 is 23.2 Å². The van der Waals surface area contributed by atoms with E-state index in [-0.39, 0.29) is 11.7 Å². The molecule has 0 atom stereocenters. The standard InChI is InChI=1S/C21H20Cl2N2O3/c1-12(2)28-19-11-14(10-18(23)20(19)27-4)9-17-13(3)24-25(21(17)26)16-7-5-15(22)6-8-16/h5-12,24H,3H2,1-2,4H3/b17-9+. The van der Waals surface area contributed by atoms with Gasteiger partial charge in [0.1, 0.15) is 0 Å². The molecule has 0 fully saturated rings. The van der Waals surface area contributed by atoms with Crippen LogP contribution in [0.4, 0.5) is 0 Å². The first-order valence-corrected chi connectivity index (χ1v) is 9.37. The number of benzene rings is 2. The van der Waals surface area contributed by atoms with Crippen LogP contribution in [-0.4, -0.2) is 23.0 Å². The van der Waals surface area contributed by atoms with Crippen molar-refractivity contribution in [2.24, 2.45) is 0 Å². The molecule has 0 unspecified atom stereocenters. The molecule has 7 heteroatoms. The van der Waals surface area contributed by atoms with Crippen LogP contribution in [-0.2, 0) is 0 Å². The highest BCUT2D eigenvalue weighted by molar-refractivity contribution is 6.32. The fraction of sp³-hybridized carbons (Fsp3) is 0.190. The fourth-order valence-corrected chi connectivity index (χ4v) is 3.22. The van der Waals surface area contributed by atoms with Crippen LogP contribution in [0.25, 0.3) is 18.3 Å². The van der Waals surface area contributed by atoms with Crippen molar-refractivity contribution in [3.8, 4) is 17.2 Å². The van der Waals surface area contributed by atoms with Gasteiger partial charge in [-0.3, -0.25) is 9.89 Å². The molecule has 3 rings (SSSR count). The van der Waals surface area contributed by atoms with E-state index in [2.05, 4.69) is 11.7 Å². The van der Waals surface area contributed by atoms with E-state index < -0.39 is 0 Å². The van der Waals surface area contributed by atoms with Gasteiger partial charge in [-0.2, -0.15) is 0 Å². The Morgan fingerprint density at radius 3 is 2.46 bits per heavy atom. The van der Waals surface area contributed by atoms with Gasteiger partial charge in [0.05, 0.1) is 34.5 Å². The van der Waals surface area contributed by atoms with E-state index in [1.165, 1.54) is 11.8 Å². The molecule has 5 nitrogen and oxygen atoms in total. The van der Waals surface area contributed by atoms with Crippen molar-refractivity contribution in [2.45, 2.75) is 20.0 Å². The van der Waals surface area contributed by atoms with Crippen LogP contribution in [0.3, 0.4) is 0 Å². The van der Waals surface area contributed by atoms with Crippen molar-refractivity contribution in [1.82, 2.24) is 9.78 Å². The number of H-pyrrole nitrogens is 1. The minimum absolute atomic E-state index is 0.0574. The minimum atomic E-state index is -0.231. The fourth-order valence-electron chi connectivity index (χ4n) is 2.79. The second kappa shape index (κ2) is 8.17. The first-order valence-electron chi connectivity index (χ1n) is 8.62. The van der Waals surface area contributed by atoms with Gasteiger partial charge in [0.25, 0.3) is 5.56 Å². The summed E-state index contributed by atoms with van der Waals surface area (Å²) in [7, 11) is 1.53. The number of nitrogens with one attached hydrogen (secondary N) is 1. The Morgan fingerprint density at radius 2 is 1.86 bits per heavy atom. The molecule has 1 heterocycles. The first kappa shape index (κ1) is 20.1. The summed E-state index contributed by atoms with van der Waals surface area (Å²) in [5.74, 6) is 0.963. The zero-order chi connectivity index (χ0) is 20.4. The van der Waals surface area contributed by atoms with Gasteiger partial charge in [0.15, 0.2) is 11.5 Å². The smallest absolute Gasteiger partial charge is 0.279 e. The van der Waals surface area contributed by atoms with Crippen molar-refractivity contribution in [3.05, 3.63) is 72.9 Å². The number of aromatic nitrogens is 2. The molecule has 0 aliphatic rings. The maximum Gasteiger partial charge on any atom is 0.279 e. The van der Waals surface area contributed by atoms with E-state index in [0.717, 1.165) is 0 Å². The molecule has 0 bridgehead atoms. The number of nitrogens with zero attached hydrogens (tertiary/aromatic N) is 1. The molecule has 1 aromatic heterocycles. The summed E-state index contributed by atoms with van der Waals surface area (Å²) in [6, 6.07) is 10.4. The molecular formula is C21H20Cl2N2O3. The molecule has 1 N–H and O–H groups in total. The van der Waals surface area contributed by atoms with Gasteiger partial charge >= 0.3 is 0 Å². The van der Waals surface area contributed by atoms with E-state index >= 15 is 0 Å². The van der Waals surface area contributed by atoms with Gasteiger partial charge in [0, 0.05) is 5.02 Å². The van der Waals surface area contributed by atoms with Crippen molar-refractivity contribution < 1.29 is 9.47 Å². The second-order valence-corrected chi connectivity index (χ2v) is 7.31. The minimum Gasteiger partial charge on any atom is -0.491 e. The topological polar surface area (TPSA) is 56.2 Å². The molecule has 0 aliphatic carbocycles. The number of aromatic amines is 1. The summed E-state index contributed by atoms with van der Waals surface area (Å²) < 4.78 is 12.5. The Labute approximate surface area is 172 Å². The van der Waals surface area contributed by atoms with Gasteiger partial charge in [-0.25, -0.2) is 4.68 Å². The molecule has 2 aromatic carbocycles. The SMILES string of the molecule is C=c1[nH]n(-c2ccc(Cl)cc2)c(=O)/c1=C/c1cc(Cl)c(OC)c(OC(C)C)c1. The predicted molar refractivity (Wildman–Crippen MR) is 114 cm³/mol. The third kappa shape index (κ3) is 4.11. The highest BCUT2D eigenvalue weighted by Gasteiger charge is 2.13. The molecule has 0 saturated carbocycles. The lowest BCUT2D eigenvalue weighted by molar-refractivity contribution is 0.230. The van der Waals surface area contributed by atoms with Gasteiger partial charge in [-0.15, -0.1) is 0 Å². The maximum atomic E-state index is 12.9. The van der Waals surface area contributed by atoms with Crippen LogP contribution in [0.5, 0.6) is 11.5 Å². The highest BCUT2D eigenvalue weighted by Crippen LogP contribution is 2.37. The van der Waals surface area contributed by atoms with E-state index in [9.17, 15) is 4.79 Å². The molecule has 0 aliphatic heterocycles. The maximum absolute atomic E-state index is 12.9. The second-order valence-electron chi connectivity index (χ2n) is 6.47. The Balaban J connectivity index is 2.14. The van der Waals surface area contributed by atoms with Crippen molar-refractivity contribution in [3.63, 3.8) is 0 Å². The van der Waals surface area contributed by atoms with Crippen LogP contribution in [0, 0.1) is 0 Å². The van der Waals surface area contributed by atoms with Crippen LogP contribution < -0.4 is 25.6 Å². The number of ether oxygens (including phenoxy) is 2. The summed E-state index contributed by atoms with van der Waals surface area (Å²) in [4.78, 5) is 12.9. The Kier molecular flexibility index (Phi) is 5.87. The third-order valence-electron chi connectivity index (χ3n) is 4.00. The quantitative estimate of drug-likeness (QED) is 0.689. The van der Waals surface area contributed by atoms with Gasteiger partial charge < -0.3 is 9.47 Å². The largest absolute Gasteiger partial charge is 0.491 e. The molecule has 0 radical (unpaired) electrons. The molecule has 3 aromatic rings. The Hall–Kier alpha value is -2.63. The average molecular weight is 419 g/mol. The van der Waals surface area contributed by atoms with Crippen molar-refractivity contribution >= 4 is 35.9 Å². The zero-order valence-corrected chi connectivity index (χ0v) is 17.3. The van der Waals surface area contributed by atoms with Gasteiger partial charge in [-0.05, 0) is 61.9 Å². The van der Waals surface area contributed by atoms with Gasteiger partial charge in [-0.1, -0.05) is 29.8 Å². The van der Waals surface area contributed by atoms with E-state index in [1.54, 1.807) is 42.5 Å². The Morgan fingerprint density at radius 1 is 1.18 bits per heavy atom. The highest BCUT2D eigenvalue weighted by atomic mass is 35.5. The molecule has 146 valence electrons. The number of methoxy groups -OCH3 is 1. The van der Waals surface area contributed by atoms with Crippen LogP contribution in [0.2, 0.25) is 10.0 Å². The molecule has 0 saturated heterocycles. The first-order chi connectivity index (χ1) is 13.3. The van der Waals surface area contributed by atoms with Crippen LogP contribution in [0.1, 0.15) is 19.4 Å². The van der Waals surface area contributed by atoms with Crippen LogP contribution in [0.15, 0.2) is 41.2 Å². The van der Waals surface area contributed by atoms with Crippen molar-refractivity contribution in [2.75, 3.05) is 7.11 Å². The summed E-state index contributed by atoms with van der Waals surface area (Å²) in [6.45, 7) is 7.77. The molecule has 0 amide bonds. The summed E-state index contributed by atoms with van der Waals surface area (Å²) in [5, 5.41) is 4.88. The van der Waals surface area contributed by atoms with E-state index in [1.807, 2.05) is 13.8 Å². The molecule has 0 spiro atoms. The summed E-state index contributed by atoms with van der Waals surface area (Å²) in [5.41, 5.74) is 1.13. The molecule has 28 heavy (non-hydrogen) atoms. The zero-order valence-electron chi connectivity index (χ0n) is 15.8.